The van der Waals surface area contributed by atoms with Crippen molar-refractivity contribution in [2.75, 3.05) is 55.9 Å². The van der Waals surface area contributed by atoms with Crippen LogP contribution in [0.15, 0.2) is 12.2 Å². The van der Waals surface area contributed by atoms with Crippen LogP contribution in [0.2, 0.25) is 0 Å². The maximum Gasteiger partial charge on any atom is 0.246 e. The molecule has 8 amide bonds. The van der Waals surface area contributed by atoms with Crippen LogP contribution in [-0.2, 0) is 52.7 Å². The molecule has 20 nitrogen and oxygen atoms in total. The molecule has 1 aliphatic heterocycles. The maximum atomic E-state index is 15.2. The Balaban J connectivity index is 4.36. The maximum absolute atomic E-state index is 15.2. The van der Waals surface area contributed by atoms with Crippen molar-refractivity contribution in [3.63, 3.8) is 0 Å². The minimum Gasteiger partial charge on any atom is -0.390 e. The summed E-state index contributed by atoms with van der Waals surface area (Å²) in [5, 5.41) is 14.9. The third-order valence-corrected chi connectivity index (χ3v) is 17.2. The van der Waals surface area contributed by atoms with E-state index in [0.717, 1.165) is 0 Å². The second-order valence-electron chi connectivity index (χ2n) is 27.4. The first-order chi connectivity index (χ1) is 39.7. The van der Waals surface area contributed by atoms with Gasteiger partial charge in [-0.05, 0) is 93.8 Å². The number of carbonyl (C=O) groups excluding carboxylic acids is 11. The van der Waals surface area contributed by atoms with Gasteiger partial charge in [0.25, 0.3) is 0 Å². The number of nitrogens with one attached hydrogen (secondary N) is 1. The molecule has 86 heavy (non-hydrogen) atoms. The Morgan fingerprint density at radius 2 is 0.930 bits per heavy atom. The fourth-order valence-electron chi connectivity index (χ4n) is 11.8. The normalized spacial score (nSPS) is 27.0. The van der Waals surface area contributed by atoms with Gasteiger partial charge in [0.1, 0.15) is 30.2 Å². The fraction of sp³-hybridized carbons (Fsp3) is 0.803. The third-order valence-electron chi connectivity index (χ3n) is 17.2. The number of amides is 8. The number of nitrogens with zero attached hydrogens (tertiary/aromatic N) is 7. The van der Waals surface area contributed by atoms with Crippen molar-refractivity contribution in [3.05, 3.63) is 12.2 Å². The van der Waals surface area contributed by atoms with E-state index in [9.17, 15) is 43.5 Å². The second-order valence-corrected chi connectivity index (χ2v) is 27.4. The van der Waals surface area contributed by atoms with Gasteiger partial charge in [0, 0.05) is 86.3 Å². The summed E-state index contributed by atoms with van der Waals surface area (Å²) in [5.74, 6) is -10.7. The lowest BCUT2D eigenvalue weighted by atomic mass is 9.84. The molecule has 1 heterocycles. The molecule has 0 spiro atoms. The van der Waals surface area contributed by atoms with E-state index in [-0.39, 0.29) is 86.1 Å². The number of hydrogen-bond donors (Lipinski definition) is 2. The lowest BCUT2D eigenvalue weighted by molar-refractivity contribution is -0.157. The van der Waals surface area contributed by atoms with Crippen molar-refractivity contribution < 1.29 is 57.8 Å². The highest BCUT2D eigenvalue weighted by atomic mass is 16.3. The van der Waals surface area contributed by atoms with Crippen LogP contribution in [0.5, 0.6) is 0 Å². The molecular formula is C66H116N8O12. The number of hydrogen-bond acceptors (Lipinski definition) is 12. The van der Waals surface area contributed by atoms with E-state index < -0.39 is 144 Å². The van der Waals surface area contributed by atoms with E-state index in [4.69, 9.17) is 0 Å². The van der Waals surface area contributed by atoms with Crippen LogP contribution in [0.1, 0.15) is 182 Å². The van der Waals surface area contributed by atoms with Crippen molar-refractivity contribution in [1.29, 1.82) is 0 Å². The van der Waals surface area contributed by atoms with E-state index in [1.165, 1.54) is 90.6 Å². The number of aliphatic hydroxyl groups excluding tert-OH is 1. The fourth-order valence-corrected chi connectivity index (χ4v) is 11.8. The van der Waals surface area contributed by atoms with Gasteiger partial charge in [-0.2, -0.15) is 0 Å². The van der Waals surface area contributed by atoms with Crippen LogP contribution >= 0.6 is 0 Å². The number of likely N-dealkylation sites (N-methyl/N-ethyl adjacent to an activating group) is 7. The van der Waals surface area contributed by atoms with Gasteiger partial charge in [0.15, 0.2) is 17.3 Å². The zero-order chi connectivity index (χ0) is 66.7. The van der Waals surface area contributed by atoms with Gasteiger partial charge in [0.05, 0.1) is 24.7 Å². The van der Waals surface area contributed by atoms with Gasteiger partial charge >= 0.3 is 0 Å². The molecule has 492 valence electrons. The number of ketones is 3. The first kappa shape index (κ1) is 78.5. The molecule has 0 aromatic carbocycles. The highest BCUT2D eigenvalue weighted by Crippen LogP contribution is 2.29. The molecule has 2 N–H and O–H groups in total. The first-order valence-electron chi connectivity index (χ1n) is 31.7. The van der Waals surface area contributed by atoms with Crippen molar-refractivity contribution in [3.8, 4) is 0 Å². The van der Waals surface area contributed by atoms with Crippen LogP contribution < -0.4 is 5.32 Å². The summed E-state index contributed by atoms with van der Waals surface area (Å²) in [6, 6.07) is -8.09. The van der Waals surface area contributed by atoms with E-state index in [1.807, 2.05) is 95.2 Å². The van der Waals surface area contributed by atoms with Crippen LogP contribution in [0.4, 0.5) is 0 Å². The minimum atomic E-state index is -1.49. The summed E-state index contributed by atoms with van der Waals surface area (Å²) in [6.45, 7) is 30.3. The molecular weight excluding hydrogens is 1100 g/mol. The molecule has 0 aliphatic carbocycles. The predicted octanol–water partition coefficient (Wildman–Crippen LogP) is 6.93. The van der Waals surface area contributed by atoms with Crippen molar-refractivity contribution in [2.45, 2.75) is 230 Å². The largest absolute Gasteiger partial charge is 0.390 e. The third kappa shape index (κ3) is 22.3. The highest BCUT2D eigenvalue weighted by molar-refractivity contribution is 5.99. The minimum absolute atomic E-state index is 0.0651. The summed E-state index contributed by atoms with van der Waals surface area (Å²) in [7, 11) is 10.3. The Kier molecular flexibility index (Phi) is 32.9. The number of Topliss-reactive ketones (excluding diaryl/α,β-unsaturated/α-hetero) is 3. The second kappa shape index (κ2) is 36.1. The quantitative estimate of drug-likeness (QED) is 0.150. The summed E-state index contributed by atoms with van der Waals surface area (Å²) < 4.78 is 0. The van der Waals surface area contributed by atoms with Gasteiger partial charge in [-0.15, -0.1) is 0 Å². The zero-order valence-electron chi connectivity index (χ0n) is 57.4. The topological polar surface area (TPSA) is 243 Å². The monoisotopic (exact) mass is 1210 g/mol. The molecule has 0 aromatic heterocycles. The molecule has 0 aromatic rings. The number of allylic oxidation sites excluding steroid dienone is 2. The van der Waals surface area contributed by atoms with Crippen molar-refractivity contribution in [2.24, 2.45) is 59.2 Å². The standard InChI is InChI=1S/C66H116N8O12/c1-25-27-29-44(15)59(79)58-55(77)35-47(28-26-2)62(82)68(18)37-56(78)69(19)49(30-38(3)4)54(76)36-48(42(11)12)63(83)70(20)50(31-39(5)6)53(75)34-45(16)60(80)67-46(17)61(81)71(21)51(32-40(7)8)64(84)72(22)52(33-41(9)10)65(85)73(23)57(43(13)14)66(86)74(58)24/h25,27,38-52,57-59,79H,26,28-37H2,1-24H3,(H,67,80)/b27-25+/t44-,45-,46-,47-,48+,49+,50+,51+,52+,57+,58-,59-/m1/s1. The van der Waals surface area contributed by atoms with E-state index in [2.05, 4.69) is 5.32 Å². The van der Waals surface area contributed by atoms with E-state index >= 15 is 14.4 Å². The highest BCUT2D eigenvalue weighted by Gasteiger charge is 2.46. The summed E-state index contributed by atoms with van der Waals surface area (Å²) in [6.07, 6.45) is 3.14. The molecule has 1 saturated heterocycles. The van der Waals surface area contributed by atoms with Gasteiger partial charge < -0.3 is 44.7 Å². The molecule has 20 heteroatoms. The molecule has 0 bridgehead atoms. The van der Waals surface area contributed by atoms with Crippen molar-refractivity contribution >= 4 is 64.6 Å². The van der Waals surface area contributed by atoms with Crippen LogP contribution in [-0.4, -0.2) is 208 Å². The molecule has 0 unspecified atom stereocenters. The van der Waals surface area contributed by atoms with Gasteiger partial charge in [0.2, 0.25) is 47.3 Å². The summed E-state index contributed by atoms with van der Waals surface area (Å²) in [4.78, 5) is 170. The zero-order valence-corrected chi connectivity index (χ0v) is 57.4. The number of aliphatic hydroxyl groups is 1. The van der Waals surface area contributed by atoms with E-state index in [0.29, 0.717) is 12.8 Å². The summed E-state index contributed by atoms with van der Waals surface area (Å²) in [5.41, 5.74) is 0. The van der Waals surface area contributed by atoms with Crippen LogP contribution in [0.25, 0.3) is 0 Å². The van der Waals surface area contributed by atoms with Crippen LogP contribution in [0, 0.1) is 59.2 Å². The van der Waals surface area contributed by atoms with E-state index in [1.54, 1.807) is 27.7 Å². The SMILES string of the molecule is C/C=C/C[C@@H](C)[C@@H](O)[C@H]1C(=O)C[C@@H](CCC)C(=O)N(C)CC(=O)N(C)[C@@H](CC(C)C)C(=O)C[C@@H](C(C)C)C(=O)N(C)[C@@H](CC(C)C)C(=O)C[C@@H](C)C(=O)N[C@H](C)C(=O)N(C)[C@@H](CC(C)C)C(=O)N(C)[C@@H](CC(C)C)C(=O)N(C)[C@@H](C(C)C)C(=O)N1C. The number of rotatable bonds is 16. The van der Waals surface area contributed by atoms with Gasteiger partial charge in [-0.3, -0.25) is 52.7 Å². The first-order valence-corrected chi connectivity index (χ1v) is 31.7. The molecule has 1 fully saturated rings. The molecule has 0 radical (unpaired) electrons. The predicted molar refractivity (Wildman–Crippen MR) is 337 cm³/mol. The average molecular weight is 1210 g/mol. The Morgan fingerprint density at radius 1 is 0.500 bits per heavy atom. The lowest BCUT2D eigenvalue weighted by Crippen LogP contribution is -2.61. The van der Waals surface area contributed by atoms with Crippen molar-refractivity contribution in [1.82, 2.24) is 39.6 Å². The Bertz CT molecular complexity index is 2330. The molecule has 1 aliphatic rings. The Labute approximate surface area is 517 Å². The van der Waals surface area contributed by atoms with Gasteiger partial charge in [-0.1, -0.05) is 122 Å². The summed E-state index contributed by atoms with van der Waals surface area (Å²) >= 11 is 0. The Morgan fingerprint density at radius 3 is 1.38 bits per heavy atom. The molecule has 12 atom stereocenters. The lowest BCUT2D eigenvalue weighted by Gasteiger charge is -2.41. The number of carbonyl (C=O) groups is 11. The van der Waals surface area contributed by atoms with Crippen LogP contribution in [0.3, 0.4) is 0 Å². The Hall–Kier alpha value is -5.53. The smallest absolute Gasteiger partial charge is 0.246 e. The molecule has 0 saturated carbocycles. The average Bonchev–Trinajstić information content (AvgIpc) is 3.10. The van der Waals surface area contributed by atoms with Gasteiger partial charge in [-0.25, -0.2) is 0 Å². The molecule has 1 rings (SSSR count).